The number of fused-ring (bicyclic) bond motifs is 3. The van der Waals surface area contributed by atoms with Crippen LogP contribution in [0.2, 0.25) is 0 Å². The van der Waals surface area contributed by atoms with Gasteiger partial charge in [0.1, 0.15) is 13.2 Å². The number of benzene rings is 2. The number of hydrogen-bond acceptors (Lipinski definition) is 4. The minimum Gasteiger partial charge on any atom is -0.480 e. The van der Waals surface area contributed by atoms with Crippen LogP contribution >= 0.6 is 0 Å². The number of carboxylic acid groups (broad SMARTS) is 1. The van der Waals surface area contributed by atoms with Gasteiger partial charge in [0.05, 0.1) is 0 Å². The van der Waals surface area contributed by atoms with Crippen LogP contribution in [-0.4, -0.2) is 53.2 Å². The number of amides is 2. The molecule has 7 nitrogen and oxygen atoms in total. The first-order valence-corrected chi connectivity index (χ1v) is 12.6. The third-order valence-corrected chi connectivity index (χ3v) is 7.13. The van der Waals surface area contributed by atoms with Gasteiger partial charge >= 0.3 is 12.1 Å². The molecule has 1 unspecified atom stereocenters. The van der Waals surface area contributed by atoms with Gasteiger partial charge in [-0.05, 0) is 54.9 Å². The number of hydrogen-bond donors (Lipinski definition) is 2. The van der Waals surface area contributed by atoms with Crippen molar-refractivity contribution in [3.63, 3.8) is 0 Å². The topological polar surface area (TPSA) is 95.9 Å². The van der Waals surface area contributed by atoms with E-state index in [9.17, 15) is 19.5 Å². The number of carbonyl (C=O) groups is 3. The normalized spacial score (nSPS) is 15.8. The highest BCUT2D eigenvalue weighted by molar-refractivity contribution is 5.82. The molecule has 7 heteroatoms. The monoisotopic (exact) mass is 478 g/mol. The molecule has 0 aromatic heterocycles. The highest BCUT2D eigenvalue weighted by Crippen LogP contribution is 2.44. The van der Waals surface area contributed by atoms with Crippen molar-refractivity contribution in [1.29, 1.82) is 0 Å². The summed E-state index contributed by atoms with van der Waals surface area (Å²) in [7, 11) is 0. The molecule has 2 amide bonds. The van der Waals surface area contributed by atoms with Crippen LogP contribution in [0, 0.1) is 0 Å². The van der Waals surface area contributed by atoms with Gasteiger partial charge in [0.2, 0.25) is 5.91 Å². The number of alkyl carbamates (subject to hydrolysis) is 1. The number of aliphatic carboxylic acids is 1. The minimum absolute atomic E-state index is 0.0110. The fraction of sp³-hybridized carbons (Fsp3) is 0.464. The van der Waals surface area contributed by atoms with Crippen LogP contribution in [0.15, 0.2) is 48.5 Å². The van der Waals surface area contributed by atoms with Gasteiger partial charge in [-0.25, -0.2) is 4.79 Å². The summed E-state index contributed by atoms with van der Waals surface area (Å²) in [5, 5.41) is 12.1. The SMILES string of the molecule is CC(CCCC(=O)N(CC(=O)O)C1CCCC1)NC(=O)OCC1c2ccccc2-c2ccccc21. The highest BCUT2D eigenvalue weighted by Gasteiger charge is 2.30. The van der Waals surface area contributed by atoms with Crippen LogP contribution in [0.4, 0.5) is 4.79 Å². The summed E-state index contributed by atoms with van der Waals surface area (Å²) in [6, 6.07) is 16.3. The van der Waals surface area contributed by atoms with Gasteiger partial charge < -0.3 is 20.1 Å². The number of rotatable bonds is 10. The fourth-order valence-electron chi connectivity index (χ4n) is 5.40. The van der Waals surface area contributed by atoms with Gasteiger partial charge in [-0.15, -0.1) is 0 Å². The second-order valence-corrected chi connectivity index (χ2v) is 9.62. The van der Waals surface area contributed by atoms with Gasteiger partial charge in [0.15, 0.2) is 0 Å². The Morgan fingerprint density at radius 2 is 1.63 bits per heavy atom. The Hall–Kier alpha value is -3.35. The summed E-state index contributed by atoms with van der Waals surface area (Å²) < 4.78 is 5.60. The molecule has 0 heterocycles. The number of nitrogens with zero attached hydrogens (tertiary/aromatic N) is 1. The molecule has 186 valence electrons. The molecule has 2 aromatic carbocycles. The van der Waals surface area contributed by atoms with Crippen molar-refractivity contribution in [3.8, 4) is 11.1 Å². The summed E-state index contributed by atoms with van der Waals surface area (Å²) in [4.78, 5) is 37.9. The molecule has 2 aromatic rings. The number of nitrogens with one attached hydrogen (secondary N) is 1. The van der Waals surface area contributed by atoms with Crippen LogP contribution in [-0.2, 0) is 14.3 Å². The average Bonchev–Trinajstić information content (AvgIpc) is 3.48. The Balaban J connectivity index is 1.23. The van der Waals surface area contributed by atoms with Crippen molar-refractivity contribution >= 4 is 18.0 Å². The molecule has 0 spiro atoms. The maximum Gasteiger partial charge on any atom is 0.407 e. The van der Waals surface area contributed by atoms with Crippen LogP contribution in [0.1, 0.15) is 68.9 Å². The van der Waals surface area contributed by atoms with Crippen molar-refractivity contribution in [2.75, 3.05) is 13.2 Å². The van der Waals surface area contributed by atoms with Crippen molar-refractivity contribution in [1.82, 2.24) is 10.2 Å². The van der Waals surface area contributed by atoms with Crippen LogP contribution in [0.25, 0.3) is 11.1 Å². The number of carbonyl (C=O) groups excluding carboxylic acids is 2. The lowest BCUT2D eigenvalue weighted by atomic mass is 9.98. The lowest BCUT2D eigenvalue weighted by Gasteiger charge is -2.27. The first-order valence-electron chi connectivity index (χ1n) is 12.6. The zero-order valence-electron chi connectivity index (χ0n) is 20.2. The Bertz CT molecular complexity index is 1020. The van der Waals surface area contributed by atoms with E-state index in [1.807, 2.05) is 31.2 Å². The molecule has 2 aliphatic carbocycles. The Kier molecular flexibility index (Phi) is 8.06. The third kappa shape index (κ3) is 6.02. The van der Waals surface area contributed by atoms with Crippen LogP contribution in [0.5, 0.6) is 0 Å². The zero-order valence-corrected chi connectivity index (χ0v) is 20.2. The molecule has 1 atom stereocenters. The molecular weight excluding hydrogens is 444 g/mol. The minimum atomic E-state index is -0.976. The maximum atomic E-state index is 12.7. The van der Waals surface area contributed by atoms with Gasteiger partial charge in [0.25, 0.3) is 0 Å². The quantitative estimate of drug-likeness (QED) is 0.504. The second kappa shape index (κ2) is 11.4. The lowest BCUT2D eigenvalue weighted by molar-refractivity contribution is -0.146. The molecule has 35 heavy (non-hydrogen) atoms. The summed E-state index contributed by atoms with van der Waals surface area (Å²) in [5.74, 6) is -1.08. The smallest absolute Gasteiger partial charge is 0.407 e. The molecular formula is C28H34N2O5. The van der Waals surface area contributed by atoms with Gasteiger partial charge in [0, 0.05) is 24.4 Å². The lowest BCUT2D eigenvalue weighted by Crippen LogP contribution is -2.42. The van der Waals surface area contributed by atoms with Gasteiger partial charge in [-0.3, -0.25) is 9.59 Å². The number of ether oxygens (including phenoxy) is 1. The summed E-state index contributed by atoms with van der Waals surface area (Å²) in [6.07, 6.45) is 4.82. The van der Waals surface area contributed by atoms with Gasteiger partial charge in [-0.1, -0.05) is 61.4 Å². The molecule has 1 fully saturated rings. The molecule has 2 N–H and O–H groups in total. The summed E-state index contributed by atoms with van der Waals surface area (Å²) in [5.41, 5.74) is 4.71. The third-order valence-electron chi connectivity index (χ3n) is 7.13. The Morgan fingerprint density at radius 1 is 1.03 bits per heavy atom. The van der Waals surface area contributed by atoms with Crippen molar-refractivity contribution < 1.29 is 24.2 Å². The van der Waals surface area contributed by atoms with E-state index in [1.165, 1.54) is 27.2 Å². The maximum absolute atomic E-state index is 12.7. The fourth-order valence-corrected chi connectivity index (χ4v) is 5.40. The van der Waals surface area contributed by atoms with E-state index in [4.69, 9.17) is 4.74 Å². The van der Waals surface area contributed by atoms with Crippen molar-refractivity contribution in [2.45, 2.75) is 69.9 Å². The predicted octanol–water partition coefficient (Wildman–Crippen LogP) is 4.94. The summed E-state index contributed by atoms with van der Waals surface area (Å²) in [6.45, 7) is 1.91. The van der Waals surface area contributed by atoms with E-state index >= 15 is 0 Å². The Labute approximate surface area is 206 Å². The molecule has 4 rings (SSSR count). The average molecular weight is 479 g/mol. The van der Waals surface area contributed by atoms with Gasteiger partial charge in [-0.2, -0.15) is 0 Å². The van der Waals surface area contributed by atoms with E-state index in [0.29, 0.717) is 12.8 Å². The molecule has 1 saturated carbocycles. The molecule has 0 bridgehead atoms. The molecule has 2 aliphatic rings. The molecule has 0 radical (unpaired) electrons. The van der Waals surface area contributed by atoms with Crippen molar-refractivity contribution in [3.05, 3.63) is 59.7 Å². The van der Waals surface area contributed by atoms with E-state index in [2.05, 4.69) is 29.6 Å². The first kappa shape index (κ1) is 24.8. The first-order chi connectivity index (χ1) is 16.9. The highest BCUT2D eigenvalue weighted by atomic mass is 16.5. The largest absolute Gasteiger partial charge is 0.480 e. The van der Waals surface area contributed by atoms with E-state index in [-0.39, 0.29) is 43.5 Å². The molecule has 0 saturated heterocycles. The molecule has 0 aliphatic heterocycles. The van der Waals surface area contributed by atoms with Crippen LogP contribution < -0.4 is 5.32 Å². The number of carboxylic acids is 1. The standard InChI is InChI=1S/C28H34N2O5/c1-19(9-8-16-26(31)30(17-27(32)33)20-10-2-3-11-20)29-28(34)35-18-25-23-14-6-4-12-21(23)22-13-5-7-15-24(22)25/h4-7,12-15,19-20,25H,2-3,8-11,16-18H2,1H3,(H,29,34)(H,32,33). The second-order valence-electron chi connectivity index (χ2n) is 9.62. The van der Waals surface area contributed by atoms with Crippen LogP contribution in [0.3, 0.4) is 0 Å². The summed E-state index contributed by atoms with van der Waals surface area (Å²) >= 11 is 0. The zero-order chi connectivity index (χ0) is 24.8. The van der Waals surface area contributed by atoms with E-state index in [0.717, 1.165) is 25.7 Å². The van der Waals surface area contributed by atoms with E-state index in [1.54, 1.807) is 0 Å². The van der Waals surface area contributed by atoms with Crippen molar-refractivity contribution in [2.24, 2.45) is 0 Å². The predicted molar refractivity (Wildman–Crippen MR) is 133 cm³/mol. The Morgan fingerprint density at radius 3 is 2.23 bits per heavy atom. The van der Waals surface area contributed by atoms with E-state index < -0.39 is 12.1 Å².